The van der Waals surface area contributed by atoms with Crippen molar-refractivity contribution in [3.05, 3.63) is 35.5 Å². The Bertz CT molecular complexity index is 519. The number of hydrogen-bond acceptors (Lipinski definition) is 1. The Morgan fingerprint density at radius 1 is 1.25 bits per heavy atom. The molecule has 0 radical (unpaired) electrons. The summed E-state index contributed by atoms with van der Waals surface area (Å²) in [7, 11) is 0. The molecule has 4 heteroatoms. The van der Waals surface area contributed by atoms with Crippen molar-refractivity contribution < 1.29 is 0 Å². The lowest BCUT2D eigenvalue weighted by Gasteiger charge is -2.24. The summed E-state index contributed by atoms with van der Waals surface area (Å²) in [5.41, 5.74) is 3.93. The van der Waals surface area contributed by atoms with Crippen LogP contribution in [0.15, 0.2) is 24.3 Å². The molecule has 1 aliphatic carbocycles. The van der Waals surface area contributed by atoms with Crippen LogP contribution < -0.4 is 0 Å². The first-order valence-corrected chi connectivity index (χ1v) is 6.12. The molecule has 2 aromatic rings. The molecule has 1 atom stereocenters. The largest absolute Gasteiger partial charge is 0.358 e. The van der Waals surface area contributed by atoms with Crippen LogP contribution >= 0.6 is 23.6 Å². The molecule has 16 heavy (non-hydrogen) atoms. The molecule has 84 valence electrons. The average Bonchev–Trinajstić information content (AvgIpc) is 2.66. The predicted molar refractivity (Wildman–Crippen MR) is 67.7 cm³/mol. The van der Waals surface area contributed by atoms with Gasteiger partial charge in [-0.25, -0.2) is 0 Å². The summed E-state index contributed by atoms with van der Waals surface area (Å²) in [6.45, 7) is 0. The number of nitrogens with one attached hydrogen (secondary N) is 1. The Kier molecular flexibility index (Phi) is 2.58. The first kappa shape index (κ1) is 10.5. The van der Waals surface area contributed by atoms with E-state index in [0.29, 0.717) is 0 Å². The second kappa shape index (κ2) is 3.95. The number of fused-ring (bicyclic) bond motifs is 3. The smallest absolute Gasteiger partial charge is 0.0461 e. The minimum atomic E-state index is 0.232. The van der Waals surface area contributed by atoms with Gasteiger partial charge in [-0.05, 0) is 54.4 Å². The first-order valence-electron chi connectivity index (χ1n) is 5.45. The zero-order valence-electron chi connectivity index (χ0n) is 8.71. The number of hydrogen-bond donors (Lipinski definition) is 1. The van der Waals surface area contributed by atoms with E-state index in [1.165, 1.54) is 26.1 Å². The van der Waals surface area contributed by atoms with Crippen molar-refractivity contribution in [1.29, 1.82) is 0 Å². The fourth-order valence-corrected chi connectivity index (χ4v) is 2.85. The third kappa shape index (κ3) is 1.61. The molecule has 3 rings (SSSR count). The predicted octanol–water partition coefficient (Wildman–Crippen LogP) is 3.63. The minimum Gasteiger partial charge on any atom is -0.358 e. The lowest BCUT2D eigenvalue weighted by Crippen LogP contribution is -2.26. The van der Waals surface area contributed by atoms with Crippen molar-refractivity contribution in [3.8, 4) is 0 Å². The molecule has 0 aliphatic heterocycles. The summed E-state index contributed by atoms with van der Waals surface area (Å²) in [4.78, 5) is 3.47. The highest BCUT2D eigenvalue weighted by atomic mass is 35.5. The van der Waals surface area contributed by atoms with E-state index in [1.54, 1.807) is 0 Å². The van der Waals surface area contributed by atoms with E-state index in [-0.39, 0.29) is 6.04 Å². The van der Waals surface area contributed by atoms with Gasteiger partial charge in [-0.2, -0.15) is 0 Å². The van der Waals surface area contributed by atoms with Gasteiger partial charge in [0.15, 0.2) is 0 Å². The lowest BCUT2D eigenvalue weighted by atomic mass is 9.92. The van der Waals surface area contributed by atoms with Crippen molar-refractivity contribution in [2.75, 3.05) is 0 Å². The molecule has 1 aromatic carbocycles. The Hall–Kier alpha value is -0.700. The third-order valence-corrected chi connectivity index (χ3v) is 3.90. The topological polar surface area (TPSA) is 19.0 Å². The highest BCUT2D eigenvalue weighted by Gasteiger charge is 2.25. The maximum absolute atomic E-state index is 5.83. The summed E-state index contributed by atoms with van der Waals surface area (Å²) >= 11 is 11.7. The number of aromatic amines is 1. The summed E-state index contributed by atoms with van der Waals surface area (Å²) < 4.78 is 1.30. The standard InChI is InChI=1S/C12H12Cl2N2/c13-16(14)8-5-6-12-10(7-8)9-3-1-2-4-11(9)15-12/h1-4,8,15H,5-7H2. The molecule has 1 unspecified atom stereocenters. The number of nitrogens with zero attached hydrogens (tertiary/aromatic N) is 1. The highest BCUT2D eigenvalue weighted by molar-refractivity contribution is 6.34. The lowest BCUT2D eigenvalue weighted by molar-refractivity contribution is 0.432. The number of benzene rings is 1. The molecular weight excluding hydrogens is 243 g/mol. The number of aryl methyl sites for hydroxylation is 1. The van der Waals surface area contributed by atoms with Gasteiger partial charge in [-0.1, -0.05) is 18.2 Å². The molecule has 0 saturated heterocycles. The van der Waals surface area contributed by atoms with Crippen molar-refractivity contribution in [2.45, 2.75) is 25.3 Å². The van der Waals surface area contributed by atoms with E-state index in [2.05, 4.69) is 29.2 Å². The van der Waals surface area contributed by atoms with Crippen LogP contribution in [0.2, 0.25) is 0 Å². The normalized spacial score (nSPS) is 20.3. The fourth-order valence-electron chi connectivity index (χ4n) is 2.52. The van der Waals surface area contributed by atoms with Gasteiger partial charge in [0, 0.05) is 22.6 Å². The van der Waals surface area contributed by atoms with Crippen LogP contribution in [0.1, 0.15) is 17.7 Å². The van der Waals surface area contributed by atoms with Crippen LogP contribution in [0.25, 0.3) is 10.9 Å². The monoisotopic (exact) mass is 254 g/mol. The van der Waals surface area contributed by atoms with Crippen molar-refractivity contribution in [2.24, 2.45) is 0 Å². The maximum Gasteiger partial charge on any atom is 0.0461 e. The number of para-hydroxylation sites is 1. The van der Waals surface area contributed by atoms with Gasteiger partial charge in [-0.3, -0.25) is 0 Å². The first-order chi connectivity index (χ1) is 7.75. The van der Waals surface area contributed by atoms with Gasteiger partial charge in [0.05, 0.1) is 0 Å². The van der Waals surface area contributed by atoms with Gasteiger partial charge in [0.2, 0.25) is 0 Å². The minimum absolute atomic E-state index is 0.232. The second-order valence-corrected chi connectivity index (χ2v) is 5.18. The molecule has 1 aliphatic rings. The van der Waals surface area contributed by atoms with Crippen LogP contribution in [0, 0.1) is 0 Å². The van der Waals surface area contributed by atoms with Gasteiger partial charge in [0.25, 0.3) is 0 Å². The van der Waals surface area contributed by atoms with Crippen LogP contribution in [0.5, 0.6) is 0 Å². The van der Waals surface area contributed by atoms with E-state index < -0.39 is 0 Å². The van der Waals surface area contributed by atoms with Crippen LogP contribution in [-0.2, 0) is 12.8 Å². The molecule has 0 spiro atoms. The molecule has 0 amide bonds. The fraction of sp³-hybridized carbons (Fsp3) is 0.333. The second-order valence-electron chi connectivity index (χ2n) is 4.28. The third-order valence-electron chi connectivity index (χ3n) is 3.35. The van der Waals surface area contributed by atoms with E-state index in [1.807, 2.05) is 0 Å². The van der Waals surface area contributed by atoms with Crippen molar-refractivity contribution in [3.63, 3.8) is 0 Å². The molecular formula is C12H12Cl2N2. The number of H-pyrrole nitrogens is 1. The Morgan fingerprint density at radius 3 is 2.88 bits per heavy atom. The summed E-state index contributed by atoms with van der Waals surface area (Å²) in [6, 6.07) is 8.62. The summed E-state index contributed by atoms with van der Waals surface area (Å²) in [5, 5.41) is 1.30. The Morgan fingerprint density at radius 2 is 2.06 bits per heavy atom. The number of aromatic nitrogens is 1. The van der Waals surface area contributed by atoms with Crippen LogP contribution in [-0.4, -0.2) is 15.0 Å². The molecule has 2 nitrogen and oxygen atoms in total. The molecule has 1 heterocycles. The molecule has 0 fully saturated rings. The molecule has 1 aromatic heterocycles. The van der Waals surface area contributed by atoms with E-state index >= 15 is 0 Å². The Balaban J connectivity index is 2.08. The van der Waals surface area contributed by atoms with Crippen molar-refractivity contribution in [1.82, 2.24) is 8.92 Å². The van der Waals surface area contributed by atoms with E-state index in [4.69, 9.17) is 23.6 Å². The molecule has 1 N–H and O–H groups in total. The summed E-state index contributed by atoms with van der Waals surface area (Å²) in [5.74, 6) is 0. The van der Waals surface area contributed by atoms with E-state index in [0.717, 1.165) is 19.3 Å². The Labute approximate surface area is 104 Å². The zero-order valence-corrected chi connectivity index (χ0v) is 10.2. The maximum atomic E-state index is 5.83. The van der Waals surface area contributed by atoms with E-state index in [9.17, 15) is 0 Å². The van der Waals surface area contributed by atoms with Gasteiger partial charge in [0.1, 0.15) is 0 Å². The van der Waals surface area contributed by atoms with Gasteiger partial charge < -0.3 is 4.98 Å². The van der Waals surface area contributed by atoms with Gasteiger partial charge in [-0.15, -0.1) is 3.94 Å². The van der Waals surface area contributed by atoms with Gasteiger partial charge >= 0.3 is 0 Å². The van der Waals surface area contributed by atoms with Crippen LogP contribution in [0.4, 0.5) is 0 Å². The zero-order chi connectivity index (χ0) is 11.1. The SMILES string of the molecule is ClN(Cl)C1CCc2[nH]c3ccccc3c2C1. The summed E-state index contributed by atoms with van der Waals surface area (Å²) in [6.07, 6.45) is 2.95. The van der Waals surface area contributed by atoms with Crippen molar-refractivity contribution >= 4 is 34.5 Å². The number of rotatable bonds is 1. The number of halogens is 2. The molecule has 0 bridgehead atoms. The quantitative estimate of drug-likeness (QED) is 0.771. The highest BCUT2D eigenvalue weighted by Crippen LogP contribution is 2.31. The molecule has 0 saturated carbocycles. The van der Waals surface area contributed by atoms with Crippen LogP contribution in [0.3, 0.4) is 0 Å². The average molecular weight is 255 g/mol.